The second-order valence-corrected chi connectivity index (χ2v) is 8.19. The van der Waals surface area contributed by atoms with Gasteiger partial charge >= 0.3 is 0 Å². The number of ether oxygens (including phenoxy) is 2. The fraction of sp³-hybridized carbons (Fsp3) is 0.409. The monoisotopic (exact) mass is 385 g/mol. The topological polar surface area (TPSA) is 47.6 Å². The third-order valence-electron chi connectivity index (χ3n) is 4.71. The van der Waals surface area contributed by atoms with E-state index in [-0.39, 0.29) is 12.5 Å². The maximum absolute atomic E-state index is 12.2. The van der Waals surface area contributed by atoms with Crippen molar-refractivity contribution in [3.8, 4) is 5.75 Å². The summed E-state index contributed by atoms with van der Waals surface area (Å²) in [5.41, 5.74) is 4.40. The molecule has 3 rings (SSSR count). The Morgan fingerprint density at radius 2 is 1.96 bits per heavy atom. The summed E-state index contributed by atoms with van der Waals surface area (Å²) in [5, 5.41) is 3.59. The van der Waals surface area contributed by atoms with Crippen molar-refractivity contribution < 1.29 is 14.3 Å². The normalized spacial score (nSPS) is 14.7. The fourth-order valence-electron chi connectivity index (χ4n) is 2.95. The number of thioether (sulfide) groups is 1. The minimum Gasteiger partial charge on any atom is -0.484 e. The summed E-state index contributed by atoms with van der Waals surface area (Å²) in [6.07, 6.45) is 2.24. The number of nitrogens with one attached hydrogen (secondary N) is 1. The molecular weight excluding hydrogens is 358 g/mol. The number of carbonyl (C=O) groups is 1. The molecule has 1 fully saturated rings. The lowest BCUT2D eigenvalue weighted by Crippen LogP contribution is -2.20. The molecule has 1 aliphatic rings. The van der Waals surface area contributed by atoms with Crippen LogP contribution in [0.1, 0.15) is 29.5 Å². The van der Waals surface area contributed by atoms with Gasteiger partial charge in [-0.1, -0.05) is 18.2 Å². The standard InChI is InChI=1S/C22H27NO3S/c1-16-6-7-20(12-17(16)2)26-14-22(24)23-19-5-3-4-18(13-19)15-27-21-8-10-25-11-9-21/h3-7,12-13,21H,8-11,14-15H2,1-2H3,(H,23,24). The highest BCUT2D eigenvalue weighted by Crippen LogP contribution is 2.26. The first kappa shape index (κ1) is 19.8. The first-order valence-corrected chi connectivity index (χ1v) is 10.4. The van der Waals surface area contributed by atoms with E-state index in [0.717, 1.165) is 48.8 Å². The van der Waals surface area contributed by atoms with Crippen LogP contribution in [0.25, 0.3) is 0 Å². The van der Waals surface area contributed by atoms with E-state index in [1.165, 1.54) is 11.1 Å². The first-order valence-electron chi connectivity index (χ1n) is 9.38. The van der Waals surface area contributed by atoms with Crippen LogP contribution in [-0.4, -0.2) is 31.0 Å². The van der Waals surface area contributed by atoms with Gasteiger partial charge in [-0.05, 0) is 67.6 Å². The number of amides is 1. The van der Waals surface area contributed by atoms with Crippen LogP contribution in [0.15, 0.2) is 42.5 Å². The highest BCUT2D eigenvalue weighted by molar-refractivity contribution is 7.99. The molecule has 0 atom stereocenters. The average Bonchev–Trinajstić information content (AvgIpc) is 2.68. The maximum atomic E-state index is 12.2. The van der Waals surface area contributed by atoms with Crippen molar-refractivity contribution >= 4 is 23.4 Å². The highest BCUT2D eigenvalue weighted by atomic mass is 32.2. The zero-order valence-electron chi connectivity index (χ0n) is 16.0. The summed E-state index contributed by atoms with van der Waals surface area (Å²) < 4.78 is 11.0. The second-order valence-electron chi connectivity index (χ2n) is 6.91. The molecule has 2 aromatic rings. The summed E-state index contributed by atoms with van der Waals surface area (Å²) in [5.74, 6) is 1.52. The van der Waals surface area contributed by atoms with Gasteiger partial charge in [-0.2, -0.15) is 11.8 Å². The molecule has 5 heteroatoms. The molecule has 1 N–H and O–H groups in total. The number of anilines is 1. The molecular formula is C22H27NO3S. The Hall–Kier alpha value is -1.98. The van der Waals surface area contributed by atoms with Crippen LogP contribution in [0.5, 0.6) is 5.75 Å². The molecule has 0 spiro atoms. The predicted octanol–water partition coefficient (Wildman–Crippen LogP) is 4.73. The Balaban J connectivity index is 1.47. The highest BCUT2D eigenvalue weighted by Gasteiger charge is 2.14. The van der Waals surface area contributed by atoms with E-state index in [2.05, 4.69) is 18.3 Å². The van der Waals surface area contributed by atoms with E-state index >= 15 is 0 Å². The lowest BCUT2D eigenvalue weighted by Gasteiger charge is -2.21. The number of rotatable bonds is 7. The maximum Gasteiger partial charge on any atom is 0.262 e. The van der Waals surface area contributed by atoms with E-state index in [9.17, 15) is 4.79 Å². The van der Waals surface area contributed by atoms with E-state index < -0.39 is 0 Å². The molecule has 0 aliphatic carbocycles. The van der Waals surface area contributed by atoms with Crippen LogP contribution < -0.4 is 10.1 Å². The van der Waals surface area contributed by atoms with Crippen molar-refractivity contribution in [2.45, 2.75) is 37.7 Å². The zero-order valence-corrected chi connectivity index (χ0v) is 16.8. The van der Waals surface area contributed by atoms with Crippen molar-refractivity contribution in [3.63, 3.8) is 0 Å². The van der Waals surface area contributed by atoms with E-state index in [1.54, 1.807) is 0 Å². The Labute approximate surface area is 165 Å². The lowest BCUT2D eigenvalue weighted by molar-refractivity contribution is -0.118. The van der Waals surface area contributed by atoms with Crippen LogP contribution in [0.3, 0.4) is 0 Å². The van der Waals surface area contributed by atoms with Gasteiger partial charge in [0.2, 0.25) is 0 Å². The van der Waals surface area contributed by atoms with Crippen LogP contribution in [0, 0.1) is 13.8 Å². The van der Waals surface area contributed by atoms with E-state index in [0.29, 0.717) is 5.25 Å². The molecule has 2 aromatic carbocycles. The third kappa shape index (κ3) is 6.29. The molecule has 1 aliphatic heterocycles. The number of hydrogen-bond donors (Lipinski definition) is 1. The summed E-state index contributed by atoms with van der Waals surface area (Å²) in [4.78, 5) is 12.2. The molecule has 0 unspecified atom stereocenters. The molecule has 0 bridgehead atoms. The van der Waals surface area contributed by atoms with Gasteiger partial charge in [-0.3, -0.25) is 4.79 Å². The van der Waals surface area contributed by atoms with Crippen LogP contribution in [0.4, 0.5) is 5.69 Å². The fourth-order valence-corrected chi connectivity index (χ4v) is 4.08. The van der Waals surface area contributed by atoms with Crippen molar-refractivity contribution in [1.82, 2.24) is 0 Å². The van der Waals surface area contributed by atoms with Gasteiger partial charge < -0.3 is 14.8 Å². The van der Waals surface area contributed by atoms with Crippen molar-refractivity contribution in [2.75, 3.05) is 25.1 Å². The van der Waals surface area contributed by atoms with Crippen LogP contribution in [0.2, 0.25) is 0 Å². The van der Waals surface area contributed by atoms with Gasteiger partial charge in [0, 0.05) is 29.9 Å². The van der Waals surface area contributed by atoms with Crippen LogP contribution in [-0.2, 0) is 15.3 Å². The van der Waals surface area contributed by atoms with Crippen molar-refractivity contribution in [3.05, 3.63) is 59.2 Å². The predicted molar refractivity (Wildman–Crippen MR) is 112 cm³/mol. The van der Waals surface area contributed by atoms with Gasteiger partial charge in [-0.15, -0.1) is 0 Å². The van der Waals surface area contributed by atoms with Gasteiger partial charge in [0.1, 0.15) is 5.75 Å². The van der Waals surface area contributed by atoms with E-state index in [1.807, 2.05) is 55.1 Å². The summed E-state index contributed by atoms with van der Waals surface area (Å²) in [6.45, 7) is 5.83. The van der Waals surface area contributed by atoms with Crippen molar-refractivity contribution in [2.24, 2.45) is 0 Å². The Morgan fingerprint density at radius 1 is 1.15 bits per heavy atom. The van der Waals surface area contributed by atoms with Gasteiger partial charge in [-0.25, -0.2) is 0 Å². The number of benzene rings is 2. The van der Waals surface area contributed by atoms with Gasteiger partial charge in [0.05, 0.1) is 0 Å². The Kier molecular flexibility index (Phi) is 7.18. The summed E-state index contributed by atoms with van der Waals surface area (Å²) >= 11 is 1.97. The molecule has 144 valence electrons. The summed E-state index contributed by atoms with van der Waals surface area (Å²) in [7, 11) is 0. The smallest absolute Gasteiger partial charge is 0.262 e. The van der Waals surface area contributed by atoms with E-state index in [4.69, 9.17) is 9.47 Å². The molecule has 1 heterocycles. The Bertz CT molecular complexity index is 772. The number of hydrogen-bond acceptors (Lipinski definition) is 4. The van der Waals surface area contributed by atoms with Crippen molar-refractivity contribution in [1.29, 1.82) is 0 Å². The largest absolute Gasteiger partial charge is 0.484 e. The minimum atomic E-state index is -0.150. The molecule has 1 saturated heterocycles. The summed E-state index contributed by atoms with van der Waals surface area (Å²) in [6, 6.07) is 13.9. The lowest BCUT2D eigenvalue weighted by atomic mass is 10.1. The van der Waals surface area contributed by atoms with Crippen LogP contribution >= 0.6 is 11.8 Å². The second kappa shape index (κ2) is 9.81. The first-order chi connectivity index (χ1) is 13.1. The SMILES string of the molecule is Cc1ccc(OCC(=O)Nc2cccc(CSC3CCOCC3)c2)cc1C. The van der Waals surface area contributed by atoms with Gasteiger partial charge in [0.15, 0.2) is 6.61 Å². The molecule has 0 radical (unpaired) electrons. The average molecular weight is 386 g/mol. The Morgan fingerprint density at radius 3 is 2.74 bits per heavy atom. The molecule has 0 aromatic heterocycles. The quantitative estimate of drug-likeness (QED) is 0.748. The number of carbonyl (C=O) groups excluding carboxylic acids is 1. The third-order valence-corrected chi connectivity index (χ3v) is 6.16. The molecule has 27 heavy (non-hydrogen) atoms. The molecule has 0 saturated carbocycles. The molecule has 1 amide bonds. The zero-order chi connectivity index (χ0) is 19.1. The number of aryl methyl sites for hydroxylation is 2. The molecule has 4 nitrogen and oxygen atoms in total. The minimum absolute atomic E-state index is 0.00352. The van der Waals surface area contributed by atoms with Gasteiger partial charge in [0.25, 0.3) is 5.91 Å².